The van der Waals surface area contributed by atoms with Gasteiger partial charge < -0.3 is 15.6 Å². The summed E-state index contributed by atoms with van der Waals surface area (Å²) in [7, 11) is 0. The molecule has 0 saturated carbocycles. The van der Waals surface area contributed by atoms with Crippen molar-refractivity contribution in [1.29, 1.82) is 0 Å². The van der Waals surface area contributed by atoms with Gasteiger partial charge in [-0.05, 0) is 12.8 Å². The van der Waals surface area contributed by atoms with E-state index < -0.39 is 0 Å². The second-order valence-corrected chi connectivity index (χ2v) is 4.49. The highest BCUT2D eigenvalue weighted by atomic mass is 16.1. The second kappa shape index (κ2) is 7.87. The third-order valence-corrected chi connectivity index (χ3v) is 2.91. The van der Waals surface area contributed by atoms with Gasteiger partial charge in [-0.3, -0.25) is 4.79 Å². The first-order valence-corrected chi connectivity index (χ1v) is 6.74. The van der Waals surface area contributed by atoms with E-state index in [9.17, 15) is 4.79 Å². The molecule has 102 valence electrons. The zero-order valence-corrected chi connectivity index (χ0v) is 11.4. The van der Waals surface area contributed by atoms with Crippen LogP contribution in [-0.2, 0) is 6.54 Å². The molecule has 5 heteroatoms. The van der Waals surface area contributed by atoms with Crippen LogP contribution in [0.2, 0.25) is 0 Å². The van der Waals surface area contributed by atoms with Crippen LogP contribution in [0.1, 0.15) is 39.5 Å². The number of hydrogen-bond donors (Lipinski definition) is 2. The molecule has 0 spiro atoms. The Kier molecular flexibility index (Phi) is 6.43. The Hall–Kier alpha value is -1.36. The lowest BCUT2D eigenvalue weighted by Gasteiger charge is -2.17. The molecule has 0 aromatic carbocycles. The van der Waals surface area contributed by atoms with Crippen LogP contribution in [-0.4, -0.2) is 22.1 Å². The summed E-state index contributed by atoms with van der Waals surface area (Å²) in [6, 6.07) is 0.127. The topological polar surface area (TPSA) is 72.9 Å². The van der Waals surface area contributed by atoms with Crippen molar-refractivity contribution in [2.75, 3.05) is 11.9 Å². The van der Waals surface area contributed by atoms with Crippen molar-refractivity contribution in [3.63, 3.8) is 0 Å². The van der Waals surface area contributed by atoms with Gasteiger partial charge in [-0.1, -0.05) is 26.7 Å². The lowest BCUT2D eigenvalue weighted by Crippen LogP contribution is -2.33. The number of aromatic nitrogens is 2. The summed E-state index contributed by atoms with van der Waals surface area (Å²) >= 11 is 0. The molecule has 0 amide bonds. The number of nitrogens with one attached hydrogen (secondary N) is 1. The standard InChI is InChI=1S/C13H24N4O/c1-3-5-6-11(10-14)16-12-13(18)17(8-4-2)9-7-15-12/h7,9,11H,3-6,8,10,14H2,1-2H3,(H,15,16). The molecule has 0 saturated heterocycles. The Bertz CT molecular complexity index is 402. The average Bonchev–Trinajstić information content (AvgIpc) is 2.39. The van der Waals surface area contributed by atoms with Crippen molar-refractivity contribution in [2.45, 2.75) is 52.1 Å². The van der Waals surface area contributed by atoms with Gasteiger partial charge in [0.25, 0.3) is 5.56 Å². The van der Waals surface area contributed by atoms with Crippen LogP contribution in [0.25, 0.3) is 0 Å². The van der Waals surface area contributed by atoms with E-state index >= 15 is 0 Å². The van der Waals surface area contributed by atoms with Crippen molar-refractivity contribution in [2.24, 2.45) is 5.73 Å². The van der Waals surface area contributed by atoms with Crippen LogP contribution < -0.4 is 16.6 Å². The molecular formula is C13H24N4O. The van der Waals surface area contributed by atoms with Gasteiger partial charge in [-0.25, -0.2) is 4.98 Å². The van der Waals surface area contributed by atoms with Crippen molar-refractivity contribution in [3.8, 4) is 0 Å². The maximum Gasteiger partial charge on any atom is 0.293 e. The Morgan fingerprint density at radius 2 is 2.22 bits per heavy atom. The summed E-state index contributed by atoms with van der Waals surface area (Å²) in [4.78, 5) is 16.2. The van der Waals surface area contributed by atoms with Gasteiger partial charge in [0.2, 0.25) is 0 Å². The van der Waals surface area contributed by atoms with Gasteiger partial charge >= 0.3 is 0 Å². The fourth-order valence-electron chi connectivity index (χ4n) is 1.86. The molecule has 0 fully saturated rings. The lowest BCUT2D eigenvalue weighted by molar-refractivity contribution is 0.605. The monoisotopic (exact) mass is 252 g/mol. The van der Waals surface area contributed by atoms with Gasteiger partial charge in [-0.2, -0.15) is 0 Å². The Labute approximate surface area is 108 Å². The highest BCUT2D eigenvalue weighted by Gasteiger charge is 2.10. The number of anilines is 1. The molecular weight excluding hydrogens is 228 g/mol. The van der Waals surface area contributed by atoms with E-state index in [4.69, 9.17) is 5.73 Å². The van der Waals surface area contributed by atoms with Crippen LogP contribution in [0, 0.1) is 0 Å². The van der Waals surface area contributed by atoms with Gasteiger partial charge in [0, 0.05) is 31.5 Å². The molecule has 1 atom stereocenters. The molecule has 1 rings (SSSR count). The van der Waals surface area contributed by atoms with Gasteiger partial charge in [0.15, 0.2) is 5.82 Å². The van der Waals surface area contributed by atoms with E-state index in [-0.39, 0.29) is 11.6 Å². The molecule has 3 N–H and O–H groups in total. The molecule has 0 radical (unpaired) electrons. The molecule has 1 unspecified atom stereocenters. The molecule has 0 aliphatic rings. The van der Waals surface area contributed by atoms with Crippen molar-refractivity contribution in [1.82, 2.24) is 9.55 Å². The van der Waals surface area contributed by atoms with Crippen molar-refractivity contribution in [3.05, 3.63) is 22.7 Å². The van der Waals surface area contributed by atoms with Crippen molar-refractivity contribution >= 4 is 5.82 Å². The normalized spacial score (nSPS) is 12.4. The smallest absolute Gasteiger partial charge is 0.293 e. The van der Waals surface area contributed by atoms with E-state index in [1.165, 1.54) is 0 Å². The Morgan fingerprint density at radius 1 is 1.44 bits per heavy atom. The van der Waals surface area contributed by atoms with E-state index in [1.807, 2.05) is 6.92 Å². The number of hydrogen-bond acceptors (Lipinski definition) is 4. The molecule has 18 heavy (non-hydrogen) atoms. The molecule has 1 aromatic rings. The summed E-state index contributed by atoms with van der Waals surface area (Å²) in [6.07, 6.45) is 7.51. The highest BCUT2D eigenvalue weighted by molar-refractivity contribution is 5.32. The number of nitrogens with zero attached hydrogens (tertiary/aromatic N) is 2. The maximum atomic E-state index is 12.1. The number of rotatable bonds is 8. The first-order chi connectivity index (χ1) is 8.72. The van der Waals surface area contributed by atoms with Gasteiger partial charge in [0.1, 0.15) is 0 Å². The first-order valence-electron chi connectivity index (χ1n) is 6.74. The van der Waals surface area contributed by atoms with Gasteiger partial charge in [0.05, 0.1) is 0 Å². The fourth-order valence-corrected chi connectivity index (χ4v) is 1.86. The summed E-state index contributed by atoms with van der Waals surface area (Å²) in [6.45, 7) is 5.43. The summed E-state index contributed by atoms with van der Waals surface area (Å²) < 4.78 is 1.68. The molecule has 5 nitrogen and oxygen atoms in total. The van der Waals surface area contributed by atoms with Crippen LogP contribution in [0.3, 0.4) is 0 Å². The van der Waals surface area contributed by atoms with Crippen LogP contribution in [0.15, 0.2) is 17.2 Å². The minimum absolute atomic E-state index is 0.0608. The first kappa shape index (κ1) is 14.7. The molecule has 0 aliphatic carbocycles. The summed E-state index contributed by atoms with van der Waals surface area (Å²) in [5.74, 6) is 0.414. The van der Waals surface area contributed by atoms with E-state index in [0.29, 0.717) is 12.4 Å². The minimum Gasteiger partial charge on any atom is -0.361 e. The largest absolute Gasteiger partial charge is 0.361 e. The Morgan fingerprint density at radius 3 is 2.83 bits per heavy atom. The Balaban J connectivity index is 2.76. The predicted molar refractivity (Wildman–Crippen MR) is 74.8 cm³/mol. The van der Waals surface area contributed by atoms with Crippen LogP contribution in [0.4, 0.5) is 5.82 Å². The van der Waals surface area contributed by atoms with Crippen LogP contribution >= 0.6 is 0 Å². The number of nitrogens with two attached hydrogens (primary N) is 1. The number of aryl methyl sites for hydroxylation is 1. The van der Waals surface area contributed by atoms with E-state index in [1.54, 1.807) is 17.0 Å². The lowest BCUT2D eigenvalue weighted by atomic mass is 10.1. The average molecular weight is 252 g/mol. The zero-order valence-electron chi connectivity index (χ0n) is 11.4. The fraction of sp³-hybridized carbons (Fsp3) is 0.692. The van der Waals surface area contributed by atoms with E-state index in [0.717, 1.165) is 32.2 Å². The molecule has 1 aromatic heterocycles. The predicted octanol–water partition coefficient (Wildman–Crippen LogP) is 1.58. The number of unbranched alkanes of at least 4 members (excludes halogenated alkanes) is 1. The molecule has 0 bridgehead atoms. The zero-order chi connectivity index (χ0) is 13.4. The SMILES string of the molecule is CCCCC(CN)Nc1nccn(CCC)c1=O. The van der Waals surface area contributed by atoms with E-state index in [2.05, 4.69) is 17.2 Å². The third-order valence-electron chi connectivity index (χ3n) is 2.91. The third kappa shape index (κ3) is 4.14. The van der Waals surface area contributed by atoms with Crippen LogP contribution in [0.5, 0.6) is 0 Å². The van der Waals surface area contributed by atoms with Gasteiger partial charge in [-0.15, -0.1) is 0 Å². The summed E-state index contributed by atoms with van der Waals surface area (Å²) in [5, 5.41) is 3.16. The molecule has 0 aliphatic heterocycles. The maximum absolute atomic E-state index is 12.1. The quantitative estimate of drug-likeness (QED) is 0.737. The molecule has 1 heterocycles. The second-order valence-electron chi connectivity index (χ2n) is 4.49. The van der Waals surface area contributed by atoms with Crippen molar-refractivity contribution < 1.29 is 0 Å². The minimum atomic E-state index is -0.0608. The highest BCUT2D eigenvalue weighted by Crippen LogP contribution is 2.04. The summed E-state index contributed by atoms with van der Waals surface area (Å²) in [5.41, 5.74) is 5.65.